The van der Waals surface area contributed by atoms with Gasteiger partial charge in [0, 0.05) is 11.6 Å². The highest BCUT2D eigenvalue weighted by Gasteiger charge is 2.13. The molecule has 0 heterocycles. The third kappa shape index (κ3) is 5.59. The molecule has 142 valence electrons. The molecule has 0 aliphatic rings. The lowest BCUT2D eigenvalue weighted by Crippen LogP contribution is -2.26. The first-order chi connectivity index (χ1) is 13.6. The molecule has 0 aliphatic heterocycles. The first kappa shape index (κ1) is 19.5. The summed E-state index contributed by atoms with van der Waals surface area (Å²) in [6.45, 7) is 0.208. The van der Waals surface area contributed by atoms with Gasteiger partial charge in [0.05, 0.1) is 11.3 Å². The van der Waals surface area contributed by atoms with E-state index in [1.54, 1.807) is 48.5 Å². The maximum Gasteiger partial charge on any atom is 0.262 e. The molecule has 0 bridgehead atoms. The third-order valence-electron chi connectivity index (χ3n) is 3.91. The standard InChI is InChI=1S/C22H19ClN2O3/c23-17-9-6-10-18(13-17)28-15-21(26)25-20-12-5-4-11-19(20)22(27)24-14-16-7-2-1-3-8-16/h1-13H,14-15H2,(H,24,27)(H,25,26). The van der Waals surface area contributed by atoms with Crippen LogP contribution in [-0.2, 0) is 11.3 Å². The van der Waals surface area contributed by atoms with E-state index in [0.717, 1.165) is 5.56 Å². The molecule has 0 fully saturated rings. The molecule has 0 saturated heterocycles. The number of amides is 2. The van der Waals surface area contributed by atoms with E-state index in [1.807, 2.05) is 30.3 Å². The number of halogens is 1. The summed E-state index contributed by atoms with van der Waals surface area (Å²) in [5.74, 6) is -0.143. The molecule has 0 spiro atoms. The number of hydrogen-bond donors (Lipinski definition) is 2. The largest absolute Gasteiger partial charge is 0.484 e. The predicted octanol–water partition coefficient (Wildman–Crippen LogP) is 4.29. The number of ether oxygens (including phenoxy) is 1. The molecule has 6 heteroatoms. The molecule has 28 heavy (non-hydrogen) atoms. The normalized spacial score (nSPS) is 10.2. The first-order valence-corrected chi connectivity index (χ1v) is 9.09. The van der Waals surface area contributed by atoms with Gasteiger partial charge in [0.25, 0.3) is 11.8 Å². The Kier molecular flexibility index (Phi) is 6.65. The minimum atomic E-state index is -0.372. The maximum absolute atomic E-state index is 12.5. The molecule has 3 aromatic carbocycles. The summed E-state index contributed by atoms with van der Waals surface area (Å²) in [7, 11) is 0. The van der Waals surface area contributed by atoms with Gasteiger partial charge < -0.3 is 15.4 Å². The van der Waals surface area contributed by atoms with Crippen LogP contribution in [0.25, 0.3) is 0 Å². The van der Waals surface area contributed by atoms with Crippen LogP contribution in [0.5, 0.6) is 5.75 Å². The van der Waals surface area contributed by atoms with E-state index in [2.05, 4.69) is 10.6 Å². The number of carbonyl (C=O) groups excluding carboxylic acids is 2. The molecule has 2 amide bonds. The molecule has 0 aliphatic carbocycles. The van der Waals surface area contributed by atoms with Gasteiger partial charge in [0.1, 0.15) is 5.75 Å². The van der Waals surface area contributed by atoms with Crippen LogP contribution in [0.2, 0.25) is 5.02 Å². The fourth-order valence-electron chi connectivity index (χ4n) is 2.56. The SMILES string of the molecule is O=C(COc1cccc(Cl)c1)Nc1ccccc1C(=O)NCc1ccccc1. The average molecular weight is 395 g/mol. The molecule has 0 saturated carbocycles. The fourth-order valence-corrected chi connectivity index (χ4v) is 2.74. The number of hydrogen-bond acceptors (Lipinski definition) is 3. The number of nitrogens with one attached hydrogen (secondary N) is 2. The average Bonchev–Trinajstić information content (AvgIpc) is 2.72. The number of rotatable bonds is 7. The van der Waals surface area contributed by atoms with Gasteiger partial charge >= 0.3 is 0 Å². The van der Waals surface area contributed by atoms with Crippen molar-refractivity contribution in [1.29, 1.82) is 0 Å². The van der Waals surface area contributed by atoms with Crippen molar-refractivity contribution >= 4 is 29.1 Å². The lowest BCUT2D eigenvalue weighted by molar-refractivity contribution is -0.118. The zero-order valence-electron chi connectivity index (χ0n) is 15.0. The fraction of sp³-hybridized carbons (Fsp3) is 0.0909. The monoisotopic (exact) mass is 394 g/mol. The van der Waals surface area contributed by atoms with Crippen molar-refractivity contribution in [2.75, 3.05) is 11.9 Å². The predicted molar refractivity (Wildman–Crippen MR) is 110 cm³/mol. The first-order valence-electron chi connectivity index (χ1n) is 8.71. The van der Waals surface area contributed by atoms with E-state index in [1.165, 1.54) is 0 Å². The van der Waals surface area contributed by atoms with Crippen LogP contribution in [0, 0.1) is 0 Å². The zero-order chi connectivity index (χ0) is 19.8. The van der Waals surface area contributed by atoms with E-state index in [4.69, 9.17) is 16.3 Å². The van der Waals surface area contributed by atoms with Crippen molar-refractivity contribution in [1.82, 2.24) is 5.32 Å². The van der Waals surface area contributed by atoms with Crippen molar-refractivity contribution in [3.05, 3.63) is 95.0 Å². The number of anilines is 1. The Morgan fingerprint density at radius 1 is 0.893 bits per heavy atom. The van der Waals surface area contributed by atoms with Gasteiger partial charge in [-0.2, -0.15) is 0 Å². The Hall–Kier alpha value is -3.31. The lowest BCUT2D eigenvalue weighted by Gasteiger charge is -2.12. The number of carbonyl (C=O) groups is 2. The van der Waals surface area contributed by atoms with E-state index in [0.29, 0.717) is 28.6 Å². The van der Waals surface area contributed by atoms with Crippen LogP contribution in [0.4, 0.5) is 5.69 Å². The molecular weight excluding hydrogens is 376 g/mol. The van der Waals surface area contributed by atoms with Gasteiger partial charge in [-0.05, 0) is 35.9 Å². The molecule has 3 aromatic rings. The van der Waals surface area contributed by atoms with Gasteiger partial charge in [0.2, 0.25) is 0 Å². The molecule has 3 rings (SSSR count). The lowest BCUT2D eigenvalue weighted by atomic mass is 10.1. The van der Waals surface area contributed by atoms with Gasteiger partial charge in [-0.15, -0.1) is 0 Å². The Bertz CT molecular complexity index is 961. The van der Waals surface area contributed by atoms with Crippen LogP contribution in [0.3, 0.4) is 0 Å². The van der Waals surface area contributed by atoms with Gasteiger partial charge in [0.15, 0.2) is 6.61 Å². The van der Waals surface area contributed by atoms with Gasteiger partial charge in [-0.25, -0.2) is 0 Å². The zero-order valence-corrected chi connectivity index (χ0v) is 15.8. The summed E-state index contributed by atoms with van der Waals surface area (Å²) < 4.78 is 5.43. The summed E-state index contributed by atoms with van der Waals surface area (Å²) >= 11 is 5.89. The molecule has 5 nitrogen and oxygen atoms in total. The van der Waals surface area contributed by atoms with E-state index >= 15 is 0 Å². The van der Waals surface area contributed by atoms with Crippen LogP contribution in [-0.4, -0.2) is 18.4 Å². The summed E-state index contributed by atoms with van der Waals surface area (Å²) in [4.78, 5) is 24.8. The Labute approximate surface area is 168 Å². The minimum absolute atomic E-state index is 0.194. The van der Waals surface area contributed by atoms with Crippen LogP contribution in [0.1, 0.15) is 15.9 Å². The highest BCUT2D eigenvalue weighted by atomic mass is 35.5. The van der Waals surface area contributed by atoms with Crippen molar-refractivity contribution in [3.63, 3.8) is 0 Å². The van der Waals surface area contributed by atoms with Crippen molar-refractivity contribution in [3.8, 4) is 5.75 Å². The second-order valence-corrected chi connectivity index (χ2v) is 6.44. The number of benzene rings is 3. The molecular formula is C22H19ClN2O3. The quantitative estimate of drug-likeness (QED) is 0.628. The smallest absolute Gasteiger partial charge is 0.262 e. The number of para-hydroxylation sites is 1. The second-order valence-electron chi connectivity index (χ2n) is 6.01. The molecule has 0 atom stereocenters. The molecule has 0 aromatic heterocycles. The topological polar surface area (TPSA) is 67.4 Å². The summed E-state index contributed by atoms with van der Waals surface area (Å²) in [6, 6.07) is 23.2. The van der Waals surface area contributed by atoms with Crippen LogP contribution >= 0.6 is 11.6 Å². The van der Waals surface area contributed by atoms with Crippen LogP contribution < -0.4 is 15.4 Å². The highest BCUT2D eigenvalue weighted by molar-refractivity contribution is 6.30. The summed E-state index contributed by atoms with van der Waals surface area (Å²) in [5.41, 5.74) is 1.80. The Morgan fingerprint density at radius 2 is 1.64 bits per heavy atom. The summed E-state index contributed by atoms with van der Waals surface area (Å²) in [6.07, 6.45) is 0. The molecule has 2 N–H and O–H groups in total. The van der Waals surface area contributed by atoms with Gasteiger partial charge in [-0.3, -0.25) is 9.59 Å². The third-order valence-corrected chi connectivity index (χ3v) is 4.14. The van der Waals surface area contributed by atoms with E-state index in [9.17, 15) is 9.59 Å². The summed E-state index contributed by atoms with van der Waals surface area (Å²) in [5, 5.41) is 6.10. The van der Waals surface area contributed by atoms with E-state index < -0.39 is 0 Å². The Balaban J connectivity index is 1.59. The van der Waals surface area contributed by atoms with Crippen molar-refractivity contribution < 1.29 is 14.3 Å². The molecule has 0 radical (unpaired) electrons. The van der Waals surface area contributed by atoms with Crippen LogP contribution in [0.15, 0.2) is 78.9 Å². The highest BCUT2D eigenvalue weighted by Crippen LogP contribution is 2.18. The van der Waals surface area contributed by atoms with Gasteiger partial charge in [-0.1, -0.05) is 60.1 Å². The Morgan fingerprint density at radius 3 is 2.43 bits per heavy atom. The van der Waals surface area contributed by atoms with Crippen molar-refractivity contribution in [2.24, 2.45) is 0 Å². The van der Waals surface area contributed by atoms with Crippen molar-refractivity contribution in [2.45, 2.75) is 6.54 Å². The van der Waals surface area contributed by atoms with E-state index in [-0.39, 0.29) is 18.4 Å². The molecule has 0 unspecified atom stereocenters. The minimum Gasteiger partial charge on any atom is -0.484 e. The second kappa shape index (κ2) is 9.58. The maximum atomic E-state index is 12.5.